The smallest absolute Gasteiger partial charge is 0.216 e. The minimum atomic E-state index is 0.511. The molecular formula is C19H23N5S. The third kappa shape index (κ3) is 3.09. The van der Waals surface area contributed by atoms with Crippen molar-refractivity contribution < 1.29 is 0 Å². The van der Waals surface area contributed by atoms with Crippen molar-refractivity contribution in [3.8, 4) is 5.69 Å². The number of aromatic nitrogens is 4. The summed E-state index contributed by atoms with van der Waals surface area (Å²) < 4.78 is 4.48. The molecule has 0 radical (unpaired) electrons. The Morgan fingerprint density at radius 1 is 1.20 bits per heavy atom. The van der Waals surface area contributed by atoms with Crippen LogP contribution in [0.2, 0.25) is 0 Å². The van der Waals surface area contributed by atoms with Gasteiger partial charge in [0.2, 0.25) is 4.77 Å². The highest BCUT2D eigenvalue weighted by molar-refractivity contribution is 7.71. The first-order valence-corrected chi connectivity index (χ1v) is 8.81. The van der Waals surface area contributed by atoms with E-state index >= 15 is 0 Å². The molecule has 3 aromatic rings. The van der Waals surface area contributed by atoms with Gasteiger partial charge >= 0.3 is 0 Å². The predicted octanol–water partition coefficient (Wildman–Crippen LogP) is 4.41. The highest BCUT2D eigenvalue weighted by atomic mass is 32.1. The van der Waals surface area contributed by atoms with E-state index in [9.17, 15) is 0 Å². The lowest BCUT2D eigenvalue weighted by Gasteiger charge is -2.15. The number of hydrogen-bond acceptors (Lipinski definition) is 3. The lowest BCUT2D eigenvalue weighted by atomic mass is 10.1. The van der Waals surface area contributed by atoms with E-state index in [1.807, 2.05) is 13.1 Å². The van der Waals surface area contributed by atoms with E-state index in [1.165, 1.54) is 22.5 Å². The van der Waals surface area contributed by atoms with Crippen molar-refractivity contribution in [1.82, 2.24) is 19.4 Å². The van der Waals surface area contributed by atoms with Crippen LogP contribution >= 0.6 is 12.2 Å². The Morgan fingerprint density at radius 3 is 2.52 bits per heavy atom. The number of nitrogens with one attached hydrogen (secondary N) is 1. The van der Waals surface area contributed by atoms with Crippen LogP contribution in [0.4, 0.5) is 0 Å². The normalized spacial score (nSPS) is 11.6. The minimum absolute atomic E-state index is 0.511. The first-order chi connectivity index (χ1) is 11.9. The van der Waals surface area contributed by atoms with Crippen LogP contribution in [0.25, 0.3) is 5.69 Å². The molecule has 5 nitrogen and oxygen atoms in total. The second-order valence-corrected chi connectivity index (χ2v) is 6.64. The van der Waals surface area contributed by atoms with E-state index in [0.29, 0.717) is 4.77 Å². The molecule has 0 saturated heterocycles. The maximum Gasteiger partial charge on any atom is 0.216 e. The van der Waals surface area contributed by atoms with Crippen LogP contribution in [-0.2, 0) is 6.42 Å². The molecule has 3 rings (SSSR count). The van der Waals surface area contributed by atoms with Crippen LogP contribution in [-0.4, -0.2) is 25.7 Å². The van der Waals surface area contributed by atoms with Crippen molar-refractivity contribution in [3.05, 3.63) is 62.9 Å². The summed E-state index contributed by atoms with van der Waals surface area (Å²) in [5, 5.41) is 11.5. The van der Waals surface area contributed by atoms with Crippen LogP contribution in [0, 0.1) is 32.5 Å². The molecule has 0 atom stereocenters. The summed E-state index contributed by atoms with van der Waals surface area (Å²) in [6.45, 7) is 10.6. The van der Waals surface area contributed by atoms with Crippen molar-refractivity contribution >= 4 is 18.4 Å². The van der Waals surface area contributed by atoms with Gasteiger partial charge in [-0.2, -0.15) is 14.9 Å². The molecular weight excluding hydrogens is 330 g/mol. The first kappa shape index (κ1) is 17.4. The predicted molar refractivity (Wildman–Crippen MR) is 104 cm³/mol. The highest BCUT2D eigenvalue weighted by Crippen LogP contribution is 2.25. The number of aryl methyl sites for hydroxylation is 4. The van der Waals surface area contributed by atoms with Gasteiger partial charge in [0.25, 0.3) is 0 Å². The number of para-hydroxylation sites is 1. The van der Waals surface area contributed by atoms with Crippen molar-refractivity contribution in [2.24, 2.45) is 5.10 Å². The van der Waals surface area contributed by atoms with Gasteiger partial charge in [-0.15, -0.1) is 0 Å². The van der Waals surface area contributed by atoms with Crippen molar-refractivity contribution in [1.29, 1.82) is 0 Å². The molecule has 2 aromatic heterocycles. The Labute approximate surface area is 153 Å². The van der Waals surface area contributed by atoms with Crippen LogP contribution in [0.5, 0.6) is 0 Å². The number of hydrogen-bond donors (Lipinski definition) is 1. The number of rotatable bonds is 4. The minimum Gasteiger partial charge on any atom is -0.317 e. The van der Waals surface area contributed by atoms with Crippen molar-refractivity contribution in [2.75, 3.05) is 0 Å². The van der Waals surface area contributed by atoms with Gasteiger partial charge in [0, 0.05) is 23.4 Å². The Kier molecular flexibility index (Phi) is 4.72. The van der Waals surface area contributed by atoms with Gasteiger partial charge in [0.15, 0.2) is 5.82 Å². The van der Waals surface area contributed by atoms with Gasteiger partial charge < -0.3 is 4.57 Å². The second-order valence-electron chi connectivity index (χ2n) is 6.26. The fourth-order valence-electron chi connectivity index (χ4n) is 3.21. The summed E-state index contributed by atoms with van der Waals surface area (Å²) in [6.07, 6.45) is 2.63. The maximum absolute atomic E-state index is 5.26. The Hall–Kier alpha value is -2.47. The van der Waals surface area contributed by atoms with Gasteiger partial charge in [-0.3, -0.25) is 5.10 Å². The average Bonchev–Trinajstić information content (AvgIpc) is 3.06. The maximum atomic E-state index is 5.26. The summed E-state index contributed by atoms with van der Waals surface area (Å²) in [5.41, 5.74) is 7.18. The van der Waals surface area contributed by atoms with E-state index in [0.717, 1.165) is 23.5 Å². The highest BCUT2D eigenvalue weighted by Gasteiger charge is 2.13. The van der Waals surface area contributed by atoms with Gasteiger partial charge in [0.1, 0.15) is 0 Å². The molecule has 1 N–H and O–H groups in total. The summed E-state index contributed by atoms with van der Waals surface area (Å²) in [7, 11) is 0. The molecule has 6 heteroatoms. The van der Waals surface area contributed by atoms with Gasteiger partial charge in [-0.1, -0.05) is 25.1 Å². The van der Waals surface area contributed by atoms with Crippen molar-refractivity contribution in [2.45, 2.75) is 41.0 Å². The fraction of sp³-hybridized carbons (Fsp3) is 0.316. The molecule has 0 aliphatic heterocycles. The number of H-pyrrole nitrogens is 1. The van der Waals surface area contributed by atoms with Crippen LogP contribution in [0.3, 0.4) is 0 Å². The third-order valence-corrected chi connectivity index (χ3v) is 4.74. The van der Waals surface area contributed by atoms with E-state index in [-0.39, 0.29) is 0 Å². The molecule has 25 heavy (non-hydrogen) atoms. The van der Waals surface area contributed by atoms with Gasteiger partial charge in [-0.05, 0) is 57.1 Å². The zero-order valence-electron chi connectivity index (χ0n) is 15.3. The topological polar surface area (TPSA) is 50.9 Å². The fourth-order valence-corrected chi connectivity index (χ4v) is 3.41. The van der Waals surface area contributed by atoms with Crippen LogP contribution in [0.15, 0.2) is 29.4 Å². The molecule has 0 aliphatic rings. The van der Waals surface area contributed by atoms with E-state index in [2.05, 4.69) is 71.8 Å². The molecule has 1 aromatic carbocycles. The quantitative estimate of drug-likeness (QED) is 0.558. The SMILES string of the molecule is CCc1n[nH]c(=S)n1/N=C\c1cc(C)n(-c2c(C)cccc2C)c1C. The largest absolute Gasteiger partial charge is 0.317 e. The standard InChI is InChI=1S/C19H23N5S/c1-6-17-21-22-19(25)24(17)20-11-16-10-14(4)23(15(16)5)18-12(2)8-7-9-13(18)3/h7-11H,6H2,1-5H3,(H,22,25)/b20-11-. The van der Waals surface area contributed by atoms with E-state index in [1.54, 1.807) is 4.68 Å². The molecule has 130 valence electrons. The molecule has 0 aliphatic carbocycles. The molecule has 0 unspecified atom stereocenters. The number of benzene rings is 1. The number of nitrogens with zero attached hydrogens (tertiary/aromatic N) is 4. The Balaban J connectivity index is 2.08. The van der Waals surface area contributed by atoms with Gasteiger partial charge in [0.05, 0.1) is 11.9 Å². The summed E-state index contributed by atoms with van der Waals surface area (Å²) in [6, 6.07) is 8.54. The molecule has 0 amide bonds. The van der Waals surface area contributed by atoms with Crippen molar-refractivity contribution in [3.63, 3.8) is 0 Å². The Morgan fingerprint density at radius 2 is 1.88 bits per heavy atom. The monoisotopic (exact) mass is 353 g/mol. The third-order valence-electron chi connectivity index (χ3n) is 4.48. The first-order valence-electron chi connectivity index (χ1n) is 8.40. The summed E-state index contributed by atoms with van der Waals surface area (Å²) in [5.74, 6) is 0.824. The van der Waals surface area contributed by atoms with E-state index < -0.39 is 0 Å². The number of aromatic amines is 1. The summed E-state index contributed by atoms with van der Waals surface area (Å²) in [4.78, 5) is 0. The van der Waals surface area contributed by atoms with E-state index in [4.69, 9.17) is 12.2 Å². The summed E-state index contributed by atoms with van der Waals surface area (Å²) >= 11 is 5.26. The molecule has 0 spiro atoms. The lowest BCUT2D eigenvalue weighted by Crippen LogP contribution is -2.04. The van der Waals surface area contributed by atoms with Crippen LogP contribution < -0.4 is 0 Å². The zero-order chi connectivity index (χ0) is 18.1. The molecule has 0 saturated carbocycles. The van der Waals surface area contributed by atoms with Crippen LogP contribution in [0.1, 0.15) is 40.8 Å². The zero-order valence-corrected chi connectivity index (χ0v) is 16.1. The second kappa shape index (κ2) is 6.80. The molecule has 0 fully saturated rings. The lowest BCUT2D eigenvalue weighted by molar-refractivity contribution is 0.780. The molecule has 0 bridgehead atoms. The average molecular weight is 353 g/mol. The Bertz CT molecular complexity index is 983. The molecule has 2 heterocycles. The van der Waals surface area contributed by atoms with Gasteiger partial charge in [-0.25, -0.2) is 0 Å².